The van der Waals surface area contributed by atoms with Crippen molar-refractivity contribution in [3.8, 4) is 6.07 Å². The van der Waals surface area contributed by atoms with Crippen LogP contribution < -0.4 is 10.2 Å². The fraction of sp³-hybridized carbons (Fsp3) is 0.364. The van der Waals surface area contributed by atoms with Gasteiger partial charge in [0.15, 0.2) is 0 Å². The quantitative estimate of drug-likeness (QED) is 0.616. The molecular weight excluding hydrogens is 368 g/mol. The molecule has 0 radical (unpaired) electrons. The molecule has 1 heterocycles. The zero-order valence-electron chi connectivity index (χ0n) is 16.3. The molecule has 1 aliphatic heterocycles. The Morgan fingerprint density at radius 2 is 2.00 bits per heavy atom. The van der Waals surface area contributed by atoms with Crippen molar-refractivity contribution in [1.29, 1.82) is 5.26 Å². The second-order valence-corrected chi connectivity index (χ2v) is 7.86. The zero-order valence-corrected chi connectivity index (χ0v) is 16.3. The highest BCUT2D eigenvalue weighted by Crippen LogP contribution is 2.50. The number of carbonyl (C=O) groups is 1. The number of rotatable bonds is 4. The Kier molecular flexibility index (Phi) is 4.71. The van der Waals surface area contributed by atoms with Gasteiger partial charge >= 0.3 is 0 Å². The number of nitrogens with one attached hydrogen (secondary N) is 1. The van der Waals surface area contributed by atoms with Crippen molar-refractivity contribution < 1.29 is 9.72 Å². The van der Waals surface area contributed by atoms with Gasteiger partial charge in [0.25, 0.3) is 5.69 Å². The Balaban J connectivity index is 1.85. The van der Waals surface area contributed by atoms with E-state index in [0.717, 1.165) is 24.1 Å². The number of nitrogens with zero attached hydrogens (tertiary/aromatic N) is 3. The van der Waals surface area contributed by atoms with E-state index in [2.05, 4.69) is 18.3 Å². The minimum absolute atomic E-state index is 0.00894. The number of fused-ring (bicyclic) bond motifs is 1. The lowest BCUT2D eigenvalue weighted by Gasteiger charge is -2.46. The van der Waals surface area contributed by atoms with Gasteiger partial charge in [-0.05, 0) is 48.6 Å². The first kappa shape index (κ1) is 18.9. The lowest BCUT2D eigenvalue weighted by Crippen LogP contribution is -2.51. The molecule has 1 aliphatic carbocycles. The van der Waals surface area contributed by atoms with Gasteiger partial charge < -0.3 is 10.2 Å². The molecule has 7 heteroatoms. The number of anilines is 2. The molecule has 2 aromatic rings. The summed E-state index contributed by atoms with van der Waals surface area (Å²) in [6.07, 6.45) is 2.14. The van der Waals surface area contributed by atoms with Gasteiger partial charge in [-0.25, -0.2) is 0 Å². The summed E-state index contributed by atoms with van der Waals surface area (Å²) >= 11 is 0. The Bertz CT molecular complexity index is 1020. The maximum atomic E-state index is 12.6. The van der Waals surface area contributed by atoms with E-state index < -0.39 is 4.92 Å². The van der Waals surface area contributed by atoms with E-state index in [-0.39, 0.29) is 29.6 Å². The molecule has 4 rings (SSSR count). The topological polar surface area (TPSA) is 99.3 Å². The largest absolute Gasteiger partial charge is 0.372 e. The molecule has 2 aliphatic rings. The van der Waals surface area contributed by atoms with Crippen LogP contribution in [0.5, 0.6) is 0 Å². The van der Waals surface area contributed by atoms with Gasteiger partial charge in [-0.1, -0.05) is 19.1 Å². The number of hydrogen-bond acceptors (Lipinski definition) is 5. The first-order valence-corrected chi connectivity index (χ1v) is 9.76. The van der Waals surface area contributed by atoms with Crippen LogP contribution in [0.4, 0.5) is 17.1 Å². The highest BCUT2D eigenvalue weighted by atomic mass is 16.6. The number of para-hydroxylation sites is 2. The lowest BCUT2D eigenvalue weighted by molar-refractivity contribution is -0.384. The number of nitro groups is 1. The van der Waals surface area contributed by atoms with Gasteiger partial charge in [0.1, 0.15) is 5.69 Å². The third-order valence-corrected chi connectivity index (χ3v) is 5.97. The van der Waals surface area contributed by atoms with Crippen molar-refractivity contribution in [2.24, 2.45) is 11.8 Å². The first-order valence-electron chi connectivity index (χ1n) is 9.76. The van der Waals surface area contributed by atoms with Crippen LogP contribution in [0.3, 0.4) is 0 Å². The number of carbonyl (C=O) groups excluding carboxylic acids is 1. The molecule has 0 bridgehead atoms. The third-order valence-electron chi connectivity index (χ3n) is 5.97. The van der Waals surface area contributed by atoms with E-state index in [1.165, 1.54) is 6.07 Å². The second-order valence-electron chi connectivity index (χ2n) is 7.86. The van der Waals surface area contributed by atoms with Gasteiger partial charge in [0.2, 0.25) is 5.91 Å². The van der Waals surface area contributed by atoms with Crippen LogP contribution in [-0.4, -0.2) is 16.9 Å². The molecule has 148 valence electrons. The van der Waals surface area contributed by atoms with E-state index in [9.17, 15) is 20.2 Å². The van der Waals surface area contributed by atoms with E-state index in [1.807, 2.05) is 11.0 Å². The van der Waals surface area contributed by atoms with Gasteiger partial charge in [0, 0.05) is 30.6 Å². The standard InChI is InChI=1S/C22H22N4O3/c1-13-21(24-18-5-3-4-6-20(18)26(28)29)17-11-15(12-23)7-10-19(17)25(14(2)27)22(13)16-8-9-16/h3-7,10-11,13,16,21-22,24H,8-9H2,1-2H3/t13-,21-,22-/m1/s1. The predicted molar refractivity (Wildman–Crippen MR) is 109 cm³/mol. The highest BCUT2D eigenvalue weighted by molar-refractivity contribution is 5.94. The number of hydrogen-bond donors (Lipinski definition) is 1. The van der Waals surface area contributed by atoms with Crippen molar-refractivity contribution in [3.05, 3.63) is 63.7 Å². The van der Waals surface area contributed by atoms with E-state index in [4.69, 9.17) is 0 Å². The Hall–Kier alpha value is -3.40. The molecule has 3 atom stereocenters. The summed E-state index contributed by atoms with van der Waals surface area (Å²) in [5, 5.41) is 24.2. The molecule has 1 amide bonds. The summed E-state index contributed by atoms with van der Waals surface area (Å²) < 4.78 is 0. The van der Waals surface area contributed by atoms with Gasteiger partial charge in [-0.3, -0.25) is 14.9 Å². The van der Waals surface area contributed by atoms with Gasteiger partial charge in [-0.2, -0.15) is 5.26 Å². The molecule has 0 saturated heterocycles. The predicted octanol–water partition coefficient (Wildman–Crippen LogP) is 4.40. The molecule has 1 fully saturated rings. The van der Waals surface area contributed by atoms with Crippen LogP contribution in [0.15, 0.2) is 42.5 Å². The van der Waals surface area contributed by atoms with Crippen LogP contribution in [-0.2, 0) is 4.79 Å². The maximum absolute atomic E-state index is 12.6. The SMILES string of the molecule is CC(=O)N1c2ccc(C#N)cc2[C@H](Nc2ccccc2[N+](=O)[O-])[C@@H](C)[C@@H]1C1CC1. The Morgan fingerprint density at radius 3 is 2.62 bits per heavy atom. The fourth-order valence-electron chi connectivity index (χ4n) is 4.56. The minimum Gasteiger partial charge on any atom is -0.372 e. The molecular formula is C22H22N4O3. The summed E-state index contributed by atoms with van der Waals surface area (Å²) in [5.41, 5.74) is 2.55. The zero-order chi connectivity index (χ0) is 20.7. The van der Waals surface area contributed by atoms with Crippen molar-refractivity contribution in [2.45, 2.75) is 38.8 Å². The van der Waals surface area contributed by atoms with Crippen molar-refractivity contribution in [2.75, 3.05) is 10.2 Å². The normalized spacial score (nSPS) is 23.1. The molecule has 7 nitrogen and oxygen atoms in total. The second kappa shape index (κ2) is 7.21. The van der Waals surface area contributed by atoms with Crippen LogP contribution >= 0.6 is 0 Å². The molecule has 1 N–H and O–H groups in total. The molecule has 0 spiro atoms. The molecule has 29 heavy (non-hydrogen) atoms. The first-order chi connectivity index (χ1) is 13.9. The maximum Gasteiger partial charge on any atom is 0.292 e. The van der Waals surface area contributed by atoms with E-state index >= 15 is 0 Å². The number of nitro benzene ring substituents is 1. The minimum atomic E-state index is -0.400. The van der Waals surface area contributed by atoms with Crippen molar-refractivity contribution in [1.82, 2.24) is 0 Å². The van der Waals surface area contributed by atoms with E-state index in [1.54, 1.807) is 37.3 Å². The Labute approximate surface area is 169 Å². The molecule has 1 saturated carbocycles. The molecule has 0 aromatic heterocycles. The smallest absolute Gasteiger partial charge is 0.292 e. The summed E-state index contributed by atoms with van der Waals surface area (Å²) in [6.45, 7) is 3.65. The average Bonchev–Trinajstić information content (AvgIpc) is 3.54. The number of nitriles is 1. The summed E-state index contributed by atoms with van der Waals surface area (Å²) in [5.74, 6) is 0.421. The molecule has 2 aromatic carbocycles. The number of amides is 1. The van der Waals surface area contributed by atoms with Crippen LogP contribution in [0.1, 0.15) is 43.9 Å². The third kappa shape index (κ3) is 3.31. The van der Waals surface area contributed by atoms with Gasteiger partial charge in [-0.15, -0.1) is 0 Å². The number of benzene rings is 2. The van der Waals surface area contributed by atoms with Crippen LogP contribution in [0.25, 0.3) is 0 Å². The van der Waals surface area contributed by atoms with Crippen molar-refractivity contribution in [3.63, 3.8) is 0 Å². The monoisotopic (exact) mass is 390 g/mol. The van der Waals surface area contributed by atoms with Crippen LogP contribution in [0, 0.1) is 33.3 Å². The lowest BCUT2D eigenvalue weighted by atomic mass is 9.79. The summed E-state index contributed by atoms with van der Waals surface area (Å²) in [7, 11) is 0. The van der Waals surface area contributed by atoms with E-state index in [0.29, 0.717) is 17.2 Å². The Morgan fingerprint density at radius 1 is 1.28 bits per heavy atom. The van der Waals surface area contributed by atoms with Crippen molar-refractivity contribution >= 4 is 23.0 Å². The highest BCUT2D eigenvalue weighted by Gasteiger charge is 2.47. The summed E-state index contributed by atoms with van der Waals surface area (Å²) in [6, 6.07) is 13.8. The summed E-state index contributed by atoms with van der Waals surface area (Å²) in [4.78, 5) is 25.5. The average molecular weight is 390 g/mol. The van der Waals surface area contributed by atoms with Crippen LogP contribution in [0.2, 0.25) is 0 Å². The molecule has 0 unspecified atom stereocenters. The fourth-order valence-corrected chi connectivity index (χ4v) is 4.56. The van der Waals surface area contributed by atoms with Gasteiger partial charge in [0.05, 0.1) is 22.6 Å².